The second-order valence-electron chi connectivity index (χ2n) is 5.29. The third kappa shape index (κ3) is 3.44. The molecule has 1 aliphatic heterocycles. The lowest BCUT2D eigenvalue weighted by molar-refractivity contribution is -0.118. The van der Waals surface area contributed by atoms with E-state index in [1.165, 1.54) is 0 Å². The number of anilines is 1. The van der Waals surface area contributed by atoms with Crippen LogP contribution in [0.1, 0.15) is 19.8 Å². The number of aromatic nitrogens is 3. The molecule has 1 atom stereocenters. The van der Waals surface area contributed by atoms with Gasteiger partial charge in [-0.15, -0.1) is 16.9 Å². The largest absolute Gasteiger partial charge is 0.311 e. The number of halogens is 1. The highest BCUT2D eigenvalue weighted by Crippen LogP contribution is 2.39. The van der Waals surface area contributed by atoms with E-state index in [4.69, 9.17) is 11.6 Å². The number of aryl methyl sites for hydroxylation is 1. The monoisotopic (exact) mass is 336 g/mol. The topological polar surface area (TPSA) is 51.0 Å². The minimum Gasteiger partial charge on any atom is -0.311 e. The zero-order chi connectivity index (χ0) is 15.5. The fourth-order valence-electron chi connectivity index (χ4n) is 2.46. The van der Waals surface area contributed by atoms with Crippen LogP contribution in [0.2, 0.25) is 5.02 Å². The van der Waals surface area contributed by atoms with Crippen LogP contribution in [0.15, 0.2) is 35.5 Å². The van der Waals surface area contributed by atoms with Crippen LogP contribution in [0, 0.1) is 0 Å². The summed E-state index contributed by atoms with van der Waals surface area (Å²) in [4.78, 5) is 15.6. The summed E-state index contributed by atoms with van der Waals surface area (Å²) in [6.07, 6.45) is 4.74. The summed E-state index contributed by atoms with van der Waals surface area (Å²) < 4.78 is 1.67. The standard InChI is InChI=1S/C15H17ClN4OS/c1-11-4-8-20(13-10-12(16)2-3-14(13)22-11)15(21)5-7-19-9-6-17-18-19/h2-3,6,9-11H,4-5,7-8H2,1H3/t11-/m0/s1. The van der Waals surface area contributed by atoms with Gasteiger partial charge in [0.05, 0.1) is 18.4 Å². The number of hydrogen-bond acceptors (Lipinski definition) is 4. The van der Waals surface area contributed by atoms with Gasteiger partial charge in [0.1, 0.15) is 0 Å². The Bertz CT molecular complexity index is 662. The summed E-state index contributed by atoms with van der Waals surface area (Å²) in [6.45, 7) is 3.44. The van der Waals surface area contributed by atoms with Crippen molar-refractivity contribution in [3.63, 3.8) is 0 Å². The molecular formula is C15H17ClN4OS. The van der Waals surface area contributed by atoms with Gasteiger partial charge in [-0.1, -0.05) is 23.7 Å². The van der Waals surface area contributed by atoms with Gasteiger partial charge in [0, 0.05) is 34.3 Å². The molecule has 2 aromatic rings. The molecule has 0 fully saturated rings. The summed E-state index contributed by atoms with van der Waals surface area (Å²) in [5.41, 5.74) is 0.922. The Kier molecular flexibility index (Phi) is 4.69. The molecule has 0 saturated carbocycles. The van der Waals surface area contributed by atoms with Crippen molar-refractivity contribution in [3.05, 3.63) is 35.6 Å². The first kappa shape index (κ1) is 15.4. The molecule has 5 nitrogen and oxygen atoms in total. The molecule has 0 bridgehead atoms. The number of carbonyl (C=O) groups is 1. The fourth-order valence-corrected chi connectivity index (χ4v) is 3.72. The molecule has 0 radical (unpaired) electrons. The molecule has 3 rings (SSSR count). The summed E-state index contributed by atoms with van der Waals surface area (Å²) >= 11 is 7.92. The number of amides is 1. The van der Waals surface area contributed by atoms with Crippen molar-refractivity contribution in [1.82, 2.24) is 15.0 Å². The van der Waals surface area contributed by atoms with Crippen LogP contribution in [-0.2, 0) is 11.3 Å². The zero-order valence-electron chi connectivity index (χ0n) is 12.3. The van der Waals surface area contributed by atoms with Crippen LogP contribution in [0.25, 0.3) is 0 Å². The Labute approximate surface area is 138 Å². The van der Waals surface area contributed by atoms with E-state index in [2.05, 4.69) is 17.2 Å². The van der Waals surface area contributed by atoms with Crippen LogP contribution in [0.3, 0.4) is 0 Å². The highest BCUT2D eigenvalue weighted by molar-refractivity contribution is 8.00. The Balaban J connectivity index is 1.80. The van der Waals surface area contributed by atoms with Crippen molar-refractivity contribution in [2.75, 3.05) is 11.4 Å². The molecule has 1 amide bonds. The van der Waals surface area contributed by atoms with Crippen LogP contribution in [-0.4, -0.2) is 32.7 Å². The van der Waals surface area contributed by atoms with Crippen molar-refractivity contribution < 1.29 is 4.79 Å². The lowest BCUT2D eigenvalue weighted by Crippen LogP contribution is -2.32. The van der Waals surface area contributed by atoms with Crippen LogP contribution >= 0.6 is 23.4 Å². The van der Waals surface area contributed by atoms with E-state index in [0.29, 0.717) is 23.2 Å². The average Bonchev–Trinajstić information content (AvgIpc) is 2.95. The number of benzene rings is 1. The number of rotatable bonds is 3. The van der Waals surface area contributed by atoms with Gasteiger partial charge in [0.25, 0.3) is 0 Å². The number of nitrogens with zero attached hydrogens (tertiary/aromatic N) is 4. The maximum absolute atomic E-state index is 12.6. The summed E-state index contributed by atoms with van der Waals surface area (Å²) in [7, 11) is 0. The van der Waals surface area contributed by atoms with Crippen molar-refractivity contribution >= 4 is 35.0 Å². The van der Waals surface area contributed by atoms with Gasteiger partial charge >= 0.3 is 0 Å². The predicted molar refractivity (Wildman–Crippen MR) is 88.4 cm³/mol. The first-order chi connectivity index (χ1) is 10.6. The molecule has 0 unspecified atom stereocenters. The first-order valence-corrected chi connectivity index (χ1v) is 8.50. The highest BCUT2D eigenvalue weighted by Gasteiger charge is 2.24. The maximum atomic E-state index is 12.6. The van der Waals surface area contributed by atoms with E-state index < -0.39 is 0 Å². The van der Waals surface area contributed by atoms with E-state index in [1.54, 1.807) is 28.8 Å². The minimum absolute atomic E-state index is 0.0914. The number of thioether (sulfide) groups is 1. The Morgan fingerprint density at radius 2 is 2.36 bits per heavy atom. The quantitative estimate of drug-likeness (QED) is 0.863. The molecule has 1 aromatic heterocycles. The Hall–Kier alpha value is -1.53. The van der Waals surface area contributed by atoms with Crippen molar-refractivity contribution in [2.45, 2.75) is 36.5 Å². The van der Waals surface area contributed by atoms with E-state index in [0.717, 1.165) is 23.5 Å². The minimum atomic E-state index is 0.0914. The Morgan fingerprint density at radius 3 is 3.14 bits per heavy atom. The third-order valence-corrected chi connectivity index (χ3v) is 5.10. The van der Waals surface area contributed by atoms with Gasteiger partial charge in [0.2, 0.25) is 5.91 Å². The van der Waals surface area contributed by atoms with Gasteiger partial charge in [-0.2, -0.15) is 0 Å². The second-order valence-corrected chi connectivity index (χ2v) is 7.21. The highest BCUT2D eigenvalue weighted by atomic mass is 35.5. The predicted octanol–water partition coefficient (Wildman–Crippen LogP) is 3.24. The van der Waals surface area contributed by atoms with Crippen molar-refractivity contribution in [1.29, 1.82) is 0 Å². The summed E-state index contributed by atoms with van der Waals surface area (Å²) in [5.74, 6) is 0.0914. The van der Waals surface area contributed by atoms with Gasteiger partial charge in [-0.25, -0.2) is 0 Å². The van der Waals surface area contributed by atoms with Gasteiger partial charge in [-0.05, 0) is 24.6 Å². The molecule has 116 valence electrons. The molecule has 0 saturated heterocycles. The molecule has 2 heterocycles. The van der Waals surface area contributed by atoms with Crippen LogP contribution < -0.4 is 4.90 Å². The number of hydrogen-bond donors (Lipinski definition) is 0. The van der Waals surface area contributed by atoms with Gasteiger partial charge in [0.15, 0.2) is 0 Å². The van der Waals surface area contributed by atoms with Crippen molar-refractivity contribution in [3.8, 4) is 0 Å². The van der Waals surface area contributed by atoms with E-state index in [9.17, 15) is 4.79 Å². The smallest absolute Gasteiger partial charge is 0.228 e. The number of carbonyl (C=O) groups excluding carboxylic acids is 1. The molecule has 0 aliphatic carbocycles. The molecule has 7 heteroatoms. The Morgan fingerprint density at radius 1 is 1.50 bits per heavy atom. The van der Waals surface area contributed by atoms with E-state index >= 15 is 0 Å². The van der Waals surface area contributed by atoms with Crippen LogP contribution in [0.4, 0.5) is 5.69 Å². The van der Waals surface area contributed by atoms with Gasteiger partial charge in [-0.3, -0.25) is 9.48 Å². The van der Waals surface area contributed by atoms with E-state index in [1.807, 2.05) is 23.1 Å². The SMILES string of the molecule is C[C@H]1CCN(C(=O)CCn2ccnn2)c2cc(Cl)ccc2S1. The van der Waals surface area contributed by atoms with Gasteiger partial charge < -0.3 is 4.90 Å². The maximum Gasteiger partial charge on any atom is 0.228 e. The number of fused-ring (bicyclic) bond motifs is 1. The normalized spacial score (nSPS) is 17.9. The zero-order valence-corrected chi connectivity index (χ0v) is 13.8. The molecular weight excluding hydrogens is 320 g/mol. The van der Waals surface area contributed by atoms with Crippen LogP contribution in [0.5, 0.6) is 0 Å². The molecule has 1 aliphatic rings. The molecule has 0 spiro atoms. The second kappa shape index (κ2) is 6.71. The summed E-state index contributed by atoms with van der Waals surface area (Å²) in [6, 6.07) is 5.76. The lowest BCUT2D eigenvalue weighted by Gasteiger charge is -2.22. The average molecular weight is 337 g/mol. The fraction of sp³-hybridized carbons (Fsp3) is 0.400. The molecule has 0 N–H and O–H groups in total. The lowest BCUT2D eigenvalue weighted by atomic mass is 10.2. The first-order valence-electron chi connectivity index (χ1n) is 7.24. The molecule has 22 heavy (non-hydrogen) atoms. The summed E-state index contributed by atoms with van der Waals surface area (Å²) in [5, 5.41) is 8.78. The third-order valence-electron chi connectivity index (χ3n) is 3.63. The molecule has 1 aromatic carbocycles. The van der Waals surface area contributed by atoms with Crippen molar-refractivity contribution in [2.24, 2.45) is 0 Å². The van der Waals surface area contributed by atoms with E-state index in [-0.39, 0.29) is 5.91 Å².